The number of rotatable bonds is 4. The Labute approximate surface area is 150 Å². The molecule has 0 unspecified atom stereocenters. The molecule has 8 heteroatoms. The molecule has 2 heterocycles. The van der Waals surface area contributed by atoms with E-state index in [2.05, 4.69) is 5.32 Å². The standard InChI is InChI=1S/C17H11FN2O3S2/c1-9(15(21)20-16-10(8-19)4-5-24-16)23-17(22)14-7-11-6-12(18)2-3-13(11)25-14/h2-7,9H,1H3,(H,20,21)/t9-/m0/s1. The Hall–Kier alpha value is -2.76. The molecule has 2 aromatic heterocycles. The lowest BCUT2D eigenvalue weighted by Crippen LogP contribution is -2.29. The van der Waals surface area contributed by atoms with Gasteiger partial charge in [0.2, 0.25) is 0 Å². The second kappa shape index (κ2) is 7.01. The minimum absolute atomic E-state index is 0.286. The normalized spacial score (nSPS) is 11.7. The van der Waals surface area contributed by atoms with Crippen LogP contribution in [0.3, 0.4) is 0 Å². The van der Waals surface area contributed by atoms with Crippen LogP contribution >= 0.6 is 22.7 Å². The van der Waals surface area contributed by atoms with Gasteiger partial charge in [-0.3, -0.25) is 4.79 Å². The van der Waals surface area contributed by atoms with Gasteiger partial charge in [0.15, 0.2) is 6.10 Å². The number of nitriles is 1. The molecule has 1 atom stereocenters. The number of benzene rings is 1. The summed E-state index contributed by atoms with van der Waals surface area (Å²) in [6, 6.07) is 9.32. The van der Waals surface area contributed by atoms with Crippen molar-refractivity contribution in [1.82, 2.24) is 0 Å². The lowest BCUT2D eigenvalue weighted by atomic mass is 10.2. The lowest BCUT2D eigenvalue weighted by Gasteiger charge is -2.12. The zero-order valence-corrected chi connectivity index (χ0v) is 14.5. The van der Waals surface area contributed by atoms with E-state index in [1.54, 1.807) is 17.5 Å². The summed E-state index contributed by atoms with van der Waals surface area (Å²) in [7, 11) is 0. The van der Waals surface area contributed by atoms with Gasteiger partial charge < -0.3 is 10.1 Å². The SMILES string of the molecule is C[C@H](OC(=O)c1cc2cc(F)ccc2s1)C(=O)Nc1sccc1C#N. The average molecular weight is 374 g/mol. The molecule has 0 saturated carbocycles. The van der Waals surface area contributed by atoms with E-state index in [0.717, 1.165) is 4.70 Å². The van der Waals surface area contributed by atoms with Crippen molar-refractivity contribution >= 4 is 49.6 Å². The number of fused-ring (bicyclic) bond motifs is 1. The van der Waals surface area contributed by atoms with Crippen molar-refractivity contribution in [3.05, 3.63) is 52.0 Å². The van der Waals surface area contributed by atoms with E-state index < -0.39 is 18.0 Å². The van der Waals surface area contributed by atoms with Gasteiger partial charge in [0.25, 0.3) is 5.91 Å². The summed E-state index contributed by atoms with van der Waals surface area (Å²) < 4.78 is 19.1. The largest absolute Gasteiger partial charge is 0.448 e. The number of nitrogens with one attached hydrogen (secondary N) is 1. The molecule has 0 bridgehead atoms. The molecule has 0 fully saturated rings. The van der Waals surface area contributed by atoms with Crippen molar-refractivity contribution in [2.75, 3.05) is 5.32 Å². The highest BCUT2D eigenvalue weighted by Crippen LogP contribution is 2.27. The van der Waals surface area contributed by atoms with Crippen LogP contribution in [0, 0.1) is 17.1 Å². The molecule has 3 aromatic rings. The summed E-state index contributed by atoms with van der Waals surface area (Å²) in [5.74, 6) is -1.57. The maximum atomic E-state index is 13.2. The van der Waals surface area contributed by atoms with Gasteiger partial charge in [0.05, 0.1) is 5.56 Å². The van der Waals surface area contributed by atoms with Crippen LogP contribution in [0.4, 0.5) is 9.39 Å². The first-order chi connectivity index (χ1) is 12.0. The molecular formula is C17H11FN2O3S2. The molecule has 3 rings (SSSR count). The fraction of sp³-hybridized carbons (Fsp3) is 0.118. The molecule has 1 N–H and O–H groups in total. The predicted octanol–water partition coefficient (Wildman–Crippen LogP) is 4.16. The van der Waals surface area contributed by atoms with E-state index in [9.17, 15) is 14.0 Å². The number of anilines is 1. The summed E-state index contributed by atoms with van der Waals surface area (Å²) in [4.78, 5) is 24.6. The predicted molar refractivity (Wildman–Crippen MR) is 94.3 cm³/mol. The zero-order chi connectivity index (χ0) is 18.0. The van der Waals surface area contributed by atoms with Crippen LogP contribution in [0.25, 0.3) is 10.1 Å². The van der Waals surface area contributed by atoms with Crippen molar-refractivity contribution < 1.29 is 18.7 Å². The highest BCUT2D eigenvalue weighted by molar-refractivity contribution is 7.20. The Morgan fingerprint density at radius 2 is 2.12 bits per heavy atom. The number of ether oxygens (including phenoxy) is 1. The highest BCUT2D eigenvalue weighted by Gasteiger charge is 2.21. The van der Waals surface area contributed by atoms with Crippen LogP contribution in [0.1, 0.15) is 22.2 Å². The second-order valence-corrected chi connectivity index (χ2v) is 7.10. The van der Waals surface area contributed by atoms with Crippen molar-refractivity contribution in [3.8, 4) is 6.07 Å². The number of hydrogen-bond donors (Lipinski definition) is 1. The van der Waals surface area contributed by atoms with E-state index in [1.165, 1.54) is 47.8 Å². The number of esters is 1. The number of hydrogen-bond acceptors (Lipinski definition) is 6. The first-order valence-corrected chi connectivity index (χ1v) is 8.86. The minimum Gasteiger partial charge on any atom is -0.448 e. The first kappa shape index (κ1) is 17.1. The van der Waals surface area contributed by atoms with E-state index >= 15 is 0 Å². The Morgan fingerprint density at radius 1 is 1.32 bits per heavy atom. The molecule has 126 valence electrons. The average Bonchev–Trinajstić information content (AvgIpc) is 3.20. The molecule has 0 aliphatic rings. The van der Waals surface area contributed by atoms with E-state index in [0.29, 0.717) is 16.0 Å². The highest BCUT2D eigenvalue weighted by atomic mass is 32.1. The van der Waals surface area contributed by atoms with Crippen LogP contribution in [0.2, 0.25) is 0 Å². The first-order valence-electron chi connectivity index (χ1n) is 7.16. The molecule has 25 heavy (non-hydrogen) atoms. The molecule has 0 radical (unpaired) electrons. The molecule has 0 spiro atoms. The molecule has 0 aliphatic heterocycles. The smallest absolute Gasteiger partial charge is 0.349 e. The quantitative estimate of drug-likeness (QED) is 0.696. The van der Waals surface area contributed by atoms with Crippen molar-refractivity contribution in [2.45, 2.75) is 13.0 Å². The van der Waals surface area contributed by atoms with Crippen LogP contribution < -0.4 is 5.32 Å². The molecule has 5 nitrogen and oxygen atoms in total. The van der Waals surface area contributed by atoms with Crippen molar-refractivity contribution in [2.24, 2.45) is 0 Å². The minimum atomic E-state index is -1.04. The van der Waals surface area contributed by atoms with Gasteiger partial charge in [-0.05, 0) is 48.0 Å². The summed E-state index contributed by atoms with van der Waals surface area (Å²) >= 11 is 2.38. The number of carbonyl (C=O) groups excluding carboxylic acids is 2. The van der Waals surface area contributed by atoms with Crippen LogP contribution in [0.15, 0.2) is 35.7 Å². The van der Waals surface area contributed by atoms with Crippen LogP contribution in [-0.2, 0) is 9.53 Å². The molecule has 1 amide bonds. The van der Waals surface area contributed by atoms with Crippen molar-refractivity contribution in [1.29, 1.82) is 5.26 Å². The summed E-state index contributed by atoms with van der Waals surface area (Å²) in [6.07, 6.45) is -1.04. The Balaban J connectivity index is 1.68. The van der Waals surface area contributed by atoms with Gasteiger partial charge in [-0.1, -0.05) is 0 Å². The zero-order valence-electron chi connectivity index (χ0n) is 12.9. The monoisotopic (exact) mass is 374 g/mol. The van der Waals surface area contributed by atoms with Gasteiger partial charge in [0, 0.05) is 4.70 Å². The third kappa shape index (κ3) is 3.68. The van der Waals surface area contributed by atoms with Crippen molar-refractivity contribution in [3.63, 3.8) is 0 Å². The maximum Gasteiger partial charge on any atom is 0.349 e. The van der Waals surface area contributed by atoms with Gasteiger partial charge in [-0.2, -0.15) is 5.26 Å². The molecule has 0 saturated heterocycles. The lowest BCUT2D eigenvalue weighted by molar-refractivity contribution is -0.123. The number of carbonyl (C=O) groups is 2. The molecule has 0 aliphatic carbocycles. The summed E-state index contributed by atoms with van der Waals surface area (Å²) in [6.45, 7) is 1.44. The Kier molecular flexibility index (Phi) is 4.79. The Morgan fingerprint density at radius 3 is 2.88 bits per heavy atom. The fourth-order valence-electron chi connectivity index (χ4n) is 2.09. The number of nitrogens with zero attached hydrogens (tertiary/aromatic N) is 1. The van der Waals surface area contributed by atoms with Gasteiger partial charge >= 0.3 is 5.97 Å². The maximum absolute atomic E-state index is 13.2. The van der Waals surface area contributed by atoms with Gasteiger partial charge in [-0.15, -0.1) is 22.7 Å². The number of amides is 1. The number of thiophene rings is 2. The third-order valence-corrected chi connectivity index (χ3v) is 5.28. The molecule has 1 aromatic carbocycles. The van der Waals surface area contributed by atoms with Crippen LogP contribution in [0.5, 0.6) is 0 Å². The second-order valence-electron chi connectivity index (χ2n) is 5.10. The summed E-state index contributed by atoms with van der Waals surface area (Å²) in [5.41, 5.74) is 0.350. The number of halogens is 1. The van der Waals surface area contributed by atoms with Gasteiger partial charge in [-0.25, -0.2) is 9.18 Å². The third-order valence-electron chi connectivity index (χ3n) is 3.35. The summed E-state index contributed by atoms with van der Waals surface area (Å²) in [5, 5.41) is 14.2. The van der Waals surface area contributed by atoms with Crippen LogP contribution in [-0.4, -0.2) is 18.0 Å². The van der Waals surface area contributed by atoms with Gasteiger partial charge in [0.1, 0.15) is 21.8 Å². The fourth-order valence-corrected chi connectivity index (χ4v) is 3.76. The topological polar surface area (TPSA) is 79.2 Å². The Bertz CT molecular complexity index is 1000. The van der Waals surface area contributed by atoms with E-state index in [1.807, 2.05) is 6.07 Å². The van der Waals surface area contributed by atoms with E-state index in [4.69, 9.17) is 10.00 Å². The van der Waals surface area contributed by atoms with E-state index in [-0.39, 0.29) is 10.7 Å². The molecular weight excluding hydrogens is 363 g/mol.